The first kappa shape index (κ1) is 25.8. The van der Waals surface area contributed by atoms with Crippen molar-refractivity contribution in [2.75, 3.05) is 6.61 Å². The number of pyridine rings is 1. The monoisotopic (exact) mass is 512 g/mol. The van der Waals surface area contributed by atoms with E-state index < -0.39 is 33.5 Å². The highest BCUT2D eigenvalue weighted by Crippen LogP contribution is 2.36. The van der Waals surface area contributed by atoms with Crippen molar-refractivity contribution >= 4 is 16.0 Å². The van der Waals surface area contributed by atoms with Crippen molar-refractivity contribution in [3.8, 4) is 17.0 Å². The highest BCUT2D eigenvalue weighted by Gasteiger charge is 2.28. The first-order chi connectivity index (χ1) is 17.0. The van der Waals surface area contributed by atoms with Crippen LogP contribution in [0.15, 0.2) is 65.7 Å². The second-order valence-electron chi connectivity index (χ2n) is 9.65. The van der Waals surface area contributed by atoms with Crippen LogP contribution in [0.1, 0.15) is 50.8 Å². The van der Waals surface area contributed by atoms with Crippen molar-refractivity contribution in [2.45, 2.75) is 56.6 Å². The lowest BCUT2D eigenvalue weighted by molar-refractivity contribution is -0.157. The van der Waals surface area contributed by atoms with Crippen LogP contribution in [0.25, 0.3) is 11.3 Å². The number of fused-ring (bicyclic) bond motifs is 1. The number of carbonyl (C=O) groups is 1. The number of esters is 1. The molecule has 1 aliphatic carbocycles. The highest BCUT2D eigenvalue weighted by atomic mass is 32.2. The molecule has 0 saturated carbocycles. The molecule has 1 N–H and O–H groups in total. The van der Waals surface area contributed by atoms with Crippen LogP contribution >= 0.6 is 0 Å². The fourth-order valence-electron chi connectivity index (χ4n) is 4.20. The summed E-state index contributed by atoms with van der Waals surface area (Å²) in [7, 11) is -3.83. The van der Waals surface area contributed by atoms with Gasteiger partial charge in [0.2, 0.25) is 10.0 Å². The quantitative estimate of drug-likeness (QED) is 0.450. The number of hydrogen-bond acceptors (Lipinski definition) is 6. The van der Waals surface area contributed by atoms with E-state index in [2.05, 4.69) is 9.71 Å². The number of halogens is 1. The summed E-state index contributed by atoms with van der Waals surface area (Å²) in [6, 6.07) is 13.7. The fraction of sp³-hybridized carbons (Fsp3) is 0.333. The summed E-state index contributed by atoms with van der Waals surface area (Å²) in [5, 5.41) is 0. The molecular formula is C27H29FN2O5S. The van der Waals surface area contributed by atoms with Crippen LogP contribution in [-0.4, -0.2) is 31.6 Å². The van der Waals surface area contributed by atoms with Gasteiger partial charge in [-0.3, -0.25) is 4.98 Å². The maximum absolute atomic E-state index is 13.5. The van der Waals surface area contributed by atoms with E-state index in [4.69, 9.17) is 9.47 Å². The molecule has 3 aromatic rings. The molecule has 190 valence electrons. The van der Waals surface area contributed by atoms with E-state index in [0.29, 0.717) is 29.8 Å². The molecule has 0 bridgehead atoms. The number of carbonyl (C=O) groups excluding carboxylic acids is 1. The van der Waals surface area contributed by atoms with Gasteiger partial charge in [-0.15, -0.1) is 0 Å². The Morgan fingerprint density at radius 1 is 1.14 bits per heavy atom. The van der Waals surface area contributed by atoms with Crippen LogP contribution in [0.3, 0.4) is 0 Å². The zero-order chi connectivity index (χ0) is 25.9. The van der Waals surface area contributed by atoms with Gasteiger partial charge in [-0.2, -0.15) is 0 Å². The predicted octanol–water partition coefficient (Wildman–Crippen LogP) is 4.96. The molecule has 0 radical (unpaired) electrons. The Kier molecular flexibility index (Phi) is 7.42. The minimum absolute atomic E-state index is 0.104. The van der Waals surface area contributed by atoms with E-state index in [1.54, 1.807) is 45.0 Å². The van der Waals surface area contributed by atoms with Crippen molar-refractivity contribution in [1.29, 1.82) is 0 Å². The van der Waals surface area contributed by atoms with Gasteiger partial charge in [-0.05, 0) is 75.4 Å². The van der Waals surface area contributed by atoms with Crippen molar-refractivity contribution in [3.05, 3.63) is 77.7 Å². The minimum atomic E-state index is -3.83. The van der Waals surface area contributed by atoms with E-state index in [-0.39, 0.29) is 11.5 Å². The Morgan fingerprint density at radius 3 is 2.58 bits per heavy atom. The summed E-state index contributed by atoms with van der Waals surface area (Å²) in [6.07, 6.45) is 3.47. The summed E-state index contributed by atoms with van der Waals surface area (Å²) >= 11 is 0. The molecule has 1 unspecified atom stereocenters. The number of sulfonamides is 1. The lowest BCUT2D eigenvalue weighted by atomic mass is 9.87. The molecule has 4 rings (SSSR count). The smallest absolute Gasteiger partial charge is 0.344 e. The molecule has 0 aliphatic heterocycles. The van der Waals surface area contributed by atoms with Gasteiger partial charge < -0.3 is 9.47 Å². The van der Waals surface area contributed by atoms with Gasteiger partial charge >= 0.3 is 5.97 Å². The molecule has 0 spiro atoms. The summed E-state index contributed by atoms with van der Waals surface area (Å²) in [4.78, 5) is 16.3. The van der Waals surface area contributed by atoms with Crippen LogP contribution in [0.5, 0.6) is 5.75 Å². The zero-order valence-corrected chi connectivity index (χ0v) is 21.3. The Labute approximate surface area is 210 Å². The average Bonchev–Trinajstić information content (AvgIpc) is 2.82. The number of nitrogens with zero attached hydrogens (tertiary/aromatic N) is 1. The molecule has 7 nitrogen and oxygen atoms in total. The number of rotatable bonds is 7. The third kappa shape index (κ3) is 6.27. The Balaban J connectivity index is 1.50. The van der Waals surface area contributed by atoms with Gasteiger partial charge in [-0.25, -0.2) is 22.3 Å². The number of nitrogens with one attached hydrogen (secondary N) is 1. The van der Waals surface area contributed by atoms with Crippen LogP contribution in [0.2, 0.25) is 0 Å². The molecule has 9 heteroatoms. The summed E-state index contributed by atoms with van der Waals surface area (Å²) in [5.41, 5.74) is 2.14. The Bertz CT molecular complexity index is 1350. The second kappa shape index (κ2) is 10.4. The summed E-state index contributed by atoms with van der Waals surface area (Å²) in [6.45, 7) is 5.14. The fourth-order valence-corrected chi connectivity index (χ4v) is 5.45. The molecule has 1 heterocycles. The standard InChI is InChI=1S/C27H29FN2O5S/c1-27(2,3)35-26(31)17-34-25-9-5-6-21-22(25)7-4-8-23(21)30-36(32,33)20-12-10-18(11-13-20)24-16-19(28)14-15-29-24/h5-6,9-16,23,30H,4,7-8,17H2,1-3H3. The number of benzene rings is 2. The third-order valence-corrected chi connectivity index (χ3v) is 7.20. The van der Waals surface area contributed by atoms with E-state index in [0.717, 1.165) is 17.5 Å². The molecule has 1 aromatic heterocycles. The average molecular weight is 513 g/mol. The molecule has 0 amide bonds. The number of aromatic nitrogens is 1. The van der Waals surface area contributed by atoms with Gasteiger partial charge in [0.15, 0.2) is 6.61 Å². The maximum Gasteiger partial charge on any atom is 0.344 e. The largest absolute Gasteiger partial charge is 0.482 e. The minimum Gasteiger partial charge on any atom is -0.482 e. The van der Waals surface area contributed by atoms with Gasteiger partial charge in [0.25, 0.3) is 0 Å². The molecule has 1 aliphatic rings. The molecule has 36 heavy (non-hydrogen) atoms. The predicted molar refractivity (Wildman–Crippen MR) is 133 cm³/mol. The van der Waals surface area contributed by atoms with Crippen molar-refractivity contribution in [2.24, 2.45) is 0 Å². The molecule has 0 fully saturated rings. The highest BCUT2D eigenvalue weighted by molar-refractivity contribution is 7.89. The normalized spacial score (nSPS) is 15.7. The van der Waals surface area contributed by atoms with Crippen molar-refractivity contribution < 1.29 is 27.1 Å². The van der Waals surface area contributed by atoms with Crippen molar-refractivity contribution in [3.63, 3.8) is 0 Å². The first-order valence-corrected chi connectivity index (χ1v) is 13.2. The second-order valence-corrected chi connectivity index (χ2v) is 11.4. The Hall–Kier alpha value is -3.30. The van der Waals surface area contributed by atoms with E-state index >= 15 is 0 Å². The third-order valence-electron chi connectivity index (χ3n) is 5.71. The van der Waals surface area contributed by atoms with E-state index in [1.165, 1.54) is 30.5 Å². The Morgan fingerprint density at radius 2 is 1.89 bits per heavy atom. The zero-order valence-electron chi connectivity index (χ0n) is 20.5. The van der Waals surface area contributed by atoms with E-state index in [9.17, 15) is 17.6 Å². The number of hydrogen-bond donors (Lipinski definition) is 1. The summed E-state index contributed by atoms with van der Waals surface area (Å²) < 4.78 is 53.7. The first-order valence-electron chi connectivity index (χ1n) is 11.7. The van der Waals surface area contributed by atoms with Gasteiger partial charge in [-0.1, -0.05) is 24.3 Å². The summed E-state index contributed by atoms with van der Waals surface area (Å²) in [5.74, 6) is -0.331. The molecule has 1 atom stereocenters. The topological polar surface area (TPSA) is 94.6 Å². The SMILES string of the molecule is CC(C)(C)OC(=O)COc1cccc2c1CCCC2NS(=O)(=O)c1ccc(-c2cc(F)ccn2)cc1. The van der Waals surface area contributed by atoms with E-state index in [1.807, 2.05) is 6.07 Å². The number of ether oxygens (including phenoxy) is 2. The van der Waals surface area contributed by atoms with Crippen LogP contribution < -0.4 is 9.46 Å². The van der Waals surface area contributed by atoms with Gasteiger partial charge in [0.1, 0.15) is 17.2 Å². The van der Waals surface area contributed by atoms with Crippen LogP contribution in [0.4, 0.5) is 4.39 Å². The lowest BCUT2D eigenvalue weighted by Gasteiger charge is -2.28. The molecule has 2 aromatic carbocycles. The van der Waals surface area contributed by atoms with Gasteiger partial charge in [0, 0.05) is 23.9 Å². The molecule has 0 saturated heterocycles. The molecular weight excluding hydrogens is 483 g/mol. The van der Waals surface area contributed by atoms with Crippen LogP contribution in [-0.2, 0) is 26.0 Å². The van der Waals surface area contributed by atoms with Gasteiger partial charge in [0.05, 0.1) is 10.6 Å². The lowest BCUT2D eigenvalue weighted by Crippen LogP contribution is -2.31. The van der Waals surface area contributed by atoms with Crippen molar-refractivity contribution in [1.82, 2.24) is 9.71 Å². The maximum atomic E-state index is 13.5. The van der Waals surface area contributed by atoms with Crippen LogP contribution in [0, 0.1) is 5.82 Å².